The first-order valence-corrected chi connectivity index (χ1v) is 7.88. The maximum atomic E-state index is 12.0. The van der Waals surface area contributed by atoms with E-state index in [9.17, 15) is 8.42 Å². The molecule has 0 bridgehead atoms. The standard InChI is InChI=1S/C14H15ClNO2S/c15-13-6-4-5-12(11-13)9-10-16-19(17,18)14-7-2-1-3-8-14/h2-8,11,16H,1,9-10H2. The predicted molar refractivity (Wildman–Crippen MR) is 78.2 cm³/mol. The Morgan fingerprint density at radius 1 is 1.32 bits per heavy atom. The summed E-state index contributed by atoms with van der Waals surface area (Å²) in [6, 6.07) is 7.41. The first kappa shape index (κ1) is 14.3. The molecule has 0 heterocycles. The molecule has 0 saturated carbocycles. The second-order valence-electron chi connectivity index (χ2n) is 4.22. The number of sulfonamides is 1. The van der Waals surface area contributed by atoms with E-state index in [2.05, 4.69) is 4.72 Å². The average molecular weight is 297 g/mol. The first-order valence-electron chi connectivity index (χ1n) is 6.02. The van der Waals surface area contributed by atoms with Gasteiger partial charge in [0.2, 0.25) is 10.0 Å². The molecule has 1 aromatic rings. The maximum absolute atomic E-state index is 12.0. The lowest BCUT2D eigenvalue weighted by molar-refractivity contribution is 0.589. The fourth-order valence-electron chi connectivity index (χ4n) is 1.79. The molecule has 1 aromatic carbocycles. The quantitative estimate of drug-likeness (QED) is 0.908. The highest BCUT2D eigenvalue weighted by Crippen LogP contribution is 2.14. The Bertz CT molecular complexity index is 606. The number of hydrogen-bond donors (Lipinski definition) is 1. The molecule has 1 aliphatic carbocycles. The molecule has 101 valence electrons. The fourth-order valence-corrected chi connectivity index (χ4v) is 3.09. The maximum Gasteiger partial charge on any atom is 0.240 e. The van der Waals surface area contributed by atoms with Crippen LogP contribution in [0.25, 0.3) is 0 Å². The highest BCUT2D eigenvalue weighted by atomic mass is 35.5. The van der Waals surface area contributed by atoms with Crippen molar-refractivity contribution < 1.29 is 8.42 Å². The molecule has 3 nitrogen and oxygen atoms in total. The average Bonchev–Trinajstić information content (AvgIpc) is 2.40. The van der Waals surface area contributed by atoms with Crippen LogP contribution in [-0.4, -0.2) is 15.0 Å². The summed E-state index contributed by atoms with van der Waals surface area (Å²) in [7, 11) is -3.40. The highest BCUT2D eigenvalue weighted by molar-refractivity contribution is 7.93. The van der Waals surface area contributed by atoms with Crippen LogP contribution >= 0.6 is 11.6 Å². The van der Waals surface area contributed by atoms with Gasteiger partial charge in [-0.1, -0.05) is 35.9 Å². The number of rotatable bonds is 5. The van der Waals surface area contributed by atoms with Crippen molar-refractivity contribution in [2.45, 2.75) is 12.8 Å². The molecule has 0 atom stereocenters. The number of benzene rings is 1. The van der Waals surface area contributed by atoms with Crippen molar-refractivity contribution in [2.24, 2.45) is 0 Å². The summed E-state index contributed by atoms with van der Waals surface area (Å²) in [4.78, 5) is 0.310. The van der Waals surface area contributed by atoms with Gasteiger partial charge >= 0.3 is 0 Å². The second-order valence-corrected chi connectivity index (χ2v) is 6.42. The van der Waals surface area contributed by atoms with E-state index >= 15 is 0 Å². The first-order chi connectivity index (χ1) is 9.08. The highest BCUT2D eigenvalue weighted by Gasteiger charge is 2.15. The van der Waals surface area contributed by atoms with Gasteiger partial charge in [-0.05, 0) is 43.0 Å². The van der Waals surface area contributed by atoms with E-state index < -0.39 is 10.0 Å². The Balaban J connectivity index is 1.92. The Hall–Kier alpha value is -1.10. The third-order valence-corrected chi connectivity index (χ3v) is 4.45. The lowest BCUT2D eigenvalue weighted by Gasteiger charge is -2.10. The van der Waals surface area contributed by atoms with Crippen molar-refractivity contribution in [3.63, 3.8) is 0 Å². The fraction of sp³-hybridized carbons (Fsp3) is 0.214. The van der Waals surface area contributed by atoms with Crippen molar-refractivity contribution in [3.05, 3.63) is 64.4 Å². The summed E-state index contributed by atoms with van der Waals surface area (Å²) in [5, 5.41) is 0.660. The van der Waals surface area contributed by atoms with Crippen LogP contribution in [-0.2, 0) is 16.4 Å². The van der Waals surface area contributed by atoms with Gasteiger partial charge in [-0.3, -0.25) is 0 Å². The zero-order chi connectivity index (χ0) is 13.7. The largest absolute Gasteiger partial charge is 0.240 e. The van der Waals surface area contributed by atoms with Crippen LogP contribution in [0.15, 0.2) is 47.4 Å². The van der Waals surface area contributed by atoms with E-state index in [1.165, 1.54) is 0 Å². The van der Waals surface area contributed by atoms with Crippen LogP contribution in [0.2, 0.25) is 5.02 Å². The zero-order valence-electron chi connectivity index (χ0n) is 10.3. The summed E-state index contributed by atoms with van der Waals surface area (Å²) < 4.78 is 26.5. The molecule has 0 amide bonds. The molecule has 0 aliphatic heterocycles. The summed E-state index contributed by atoms with van der Waals surface area (Å²) in [5.74, 6) is 0. The molecule has 0 fully saturated rings. The monoisotopic (exact) mass is 296 g/mol. The molecular weight excluding hydrogens is 282 g/mol. The number of nitrogens with one attached hydrogen (secondary N) is 1. The van der Waals surface area contributed by atoms with Gasteiger partial charge in [-0.15, -0.1) is 0 Å². The number of allylic oxidation sites excluding steroid dienone is 3. The van der Waals surface area contributed by atoms with E-state index in [0.29, 0.717) is 22.9 Å². The van der Waals surface area contributed by atoms with Gasteiger partial charge in [0.15, 0.2) is 0 Å². The molecule has 1 aliphatic rings. The number of halogens is 1. The Morgan fingerprint density at radius 3 is 2.84 bits per heavy atom. The van der Waals surface area contributed by atoms with E-state index in [0.717, 1.165) is 12.0 Å². The molecule has 1 radical (unpaired) electrons. The minimum Gasteiger partial charge on any atom is -0.211 e. The minimum atomic E-state index is -3.40. The number of hydrogen-bond acceptors (Lipinski definition) is 2. The normalized spacial score (nSPS) is 15.3. The van der Waals surface area contributed by atoms with Crippen LogP contribution in [0.4, 0.5) is 0 Å². The van der Waals surface area contributed by atoms with Crippen LogP contribution in [0.5, 0.6) is 0 Å². The molecule has 2 rings (SSSR count). The zero-order valence-corrected chi connectivity index (χ0v) is 11.9. The third kappa shape index (κ3) is 4.20. The third-order valence-electron chi connectivity index (χ3n) is 2.74. The molecule has 0 unspecified atom stereocenters. The Morgan fingerprint density at radius 2 is 2.16 bits per heavy atom. The molecule has 5 heteroatoms. The van der Waals surface area contributed by atoms with Crippen LogP contribution in [0.1, 0.15) is 12.0 Å². The smallest absolute Gasteiger partial charge is 0.211 e. The van der Waals surface area contributed by atoms with Gasteiger partial charge in [0, 0.05) is 11.6 Å². The summed E-state index contributed by atoms with van der Waals surface area (Å²) in [6.45, 7) is 0.355. The van der Waals surface area contributed by atoms with Crippen molar-refractivity contribution in [1.29, 1.82) is 0 Å². The molecule has 0 aromatic heterocycles. The van der Waals surface area contributed by atoms with Gasteiger partial charge in [0.05, 0.1) is 4.91 Å². The van der Waals surface area contributed by atoms with Gasteiger partial charge < -0.3 is 0 Å². The van der Waals surface area contributed by atoms with Crippen LogP contribution in [0, 0.1) is 6.42 Å². The minimum absolute atomic E-state index is 0.310. The Kier molecular flexibility index (Phi) is 4.80. The van der Waals surface area contributed by atoms with E-state index in [1.54, 1.807) is 18.2 Å². The van der Waals surface area contributed by atoms with E-state index in [-0.39, 0.29) is 0 Å². The van der Waals surface area contributed by atoms with Crippen molar-refractivity contribution in [2.75, 3.05) is 6.54 Å². The van der Waals surface area contributed by atoms with Crippen LogP contribution < -0.4 is 4.72 Å². The summed E-state index contributed by atoms with van der Waals surface area (Å²) >= 11 is 5.87. The molecule has 0 saturated heterocycles. The Labute approximate surface area is 119 Å². The van der Waals surface area contributed by atoms with E-state index in [1.807, 2.05) is 30.7 Å². The second kappa shape index (κ2) is 6.37. The predicted octanol–water partition coefficient (Wildman–Crippen LogP) is 2.85. The van der Waals surface area contributed by atoms with Crippen molar-refractivity contribution in [1.82, 2.24) is 4.72 Å². The summed E-state index contributed by atoms with van der Waals surface area (Å²) in [5.41, 5.74) is 1.01. The van der Waals surface area contributed by atoms with Crippen molar-refractivity contribution >= 4 is 21.6 Å². The molecule has 19 heavy (non-hydrogen) atoms. The lowest BCUT2D eigenvalue weighted by atomic mass is 10.2. The van der Waals surface area contributed by atoms with E-state index in [4.69, 9.17) is 11.6 Å². The van der Waals surface area contributed by atoms with Gasteiger partial charge in [-0.25, -0.2) is 13.1 Å². The van der Waals surface area contributed by atoms with Gasteiger partial charge in [0.25, 0.3) is 0 Å². The van der Waals surface area contributed by atoms with Gasteiger partial charge in [0.1, 0.15) is 0 Å². The topological polar surface area (TPSA) is 46.2 Å². The van der Waals surface area contributed by atoms with Crippen molar-refractivity contribution in [3.8, 4) is 0 Å². The SMILES string of the molecule is O=S(=O)(NCCc1cccc(Cl)c1)C1=C[CH]CC=C1. The summed E-state index contributed by atoms with van der Waals surface area (Å²) in [6.07, 6.45) is 8.29. The van der Waals surface area contributed by atoms with Gasteiger partial charge in [-0.2, -0.15) is 0 Å². The molecule has 1 N–H and O–H groups in total. The molecular formula is C14H15ClNO2S. The van der Waals surface area contributed by atoms with Crippen LogP contribution in [0.3, 0.4) is 0 Å². The lowest BCUT2D eigenvalue weighted by Crippen LogP contribution is -2.27. The molecule has 0 spiro atoms.